The van der Waals surface area contributed by atoms with Crippen LogP contribution in [-0.4, -0.2) is 41.9 Å². The molecule has 0 aliphatic rings. The van der Waals surface area contributed by atoms with Crippen LogP contribution in [-0.2, 0) is 10.0 Å². The van der Waals surface area contributed by atoms with E-state index in [1.807, 2.05) is 13.8 Å². The van der Waals surface area contributed by atoms with Crippen LogP contribution in [0.3, 0.4) is 0 Å². The highest BCUT2D eigenvalue weighted by Gasteiger charge is 2.30. The molecule has 0 spiro atoms. The van der Waals surface area contributed by atoms with E-state index >= 15 is 0 Å². The average Bonchev–Trinajstić information content (AvgIpc) is 2.65. The lowest BCUT2D eigenvalue weighted by Crippen LogP contribution is -2.33. The Kier molecular flexibility index (Phi) is 5.35. The number of H-pyrrole nitrogens is 1. The second kappa shape index (κ2) is 6.41. The van der Waals surface area contributed by atoms with Crippen molar-refractivity contribution < 1.29 is 18.3 Å². The third-order valence-corrected chi connectivity index (χ3v) is 5.30. The van der Waals surface area contributed by atoms with Crippen molar-refractivity contribution in [2.24, 2.45) is 0 Å². The third-order valence-electron chi connectivity index (χ3n) is 3.13. The first-order chi connectivity index (χ1) is 9.27. The fourth-order valence-electron chi connectivity index (χ4n) is 2.31. The highest BCUT2D eigenvalue weighted by Crippen LogP contribution is 2.26. The molecule has 0 saturated carbocycles. The molecule has 20 heavy (non-hydrogen) atoms. The third kappa shape index (κ3) is 3.04. The van der Waals surface area contributed by atoms with Gasteiger partial charge < -0.3 is 10.1 Å². The fourth-order valence-corrected chi connectivity index (χ4v) is 4.34. The van der Waals surface area contributed by atoms with Gasteiger partial charge in [0.1, 0.15) is 10.6 Å². The second-order valence-electron chi connectivity index (χ2n) is 4.79. The van der Waals surface area contributed by atoms with Gasteiger partial charge in [0.05, 0.1) is 0 Å². The minimum Gasteiger partial charge on any atom is -0.477 e. The number of aryl methyl sites for hydroxylation is 1. The molecule has 1 rings (SSSR count). The smallest absolute Gasteiger partial charge is 0.352 e. The van der Waals surface area contributed by atoms with Gasteiger partial charge in [-0.25, -0.2) is 13.2 Å². The summed E-state index contributed by atoms with van der Waals surface area (Å²) in [5.74, 6) is -1.15. The normalized spacial score (nSPS) is 12.1. The van der Waals surface area contributed by atoms with Crippen LogP contribution in [0.1, 0.15) is 48.4 Å². The molecule has 1 aromatic rings. The van der Waals surface area contributed by atoms with Gasteiger partial charge in [-0.15, -0.1) is 0 Å². The molecule has 1 heterocycles. The van der Waals surface area contributed by atoms with E-state index in [0.29, 0.717) is 31.6 Å². The molecule has 114 valence electrons. The molecule has 2 N–H and O–H groups in total. The molecule has 0 aromatic carbocycles. The van der Waals surface area contributed by atoms with Gasteiger partial charge in [0, 0.05) is 24.3 Å². The van der Waals surface area contributed by atoms with Crippen molar-refractivity contribution >= 4 is 16.0 Å². The number of rotatable bonds is 7. The quantitative estimate of drug-likeness (QED) is 0.807. The Morgan fingerprint density at radius 1 is 1.20 bits per heavy atom. The molecular formula is C13H22N2O4S. The number of aromatic amines is 1. The monoisotopic (exact) mass is 302 g/mol. The Labute approximate surface area is 119 Å². The van der Waals surface area contributed by atoms with Gasteiger partial charge in [0.2, 0.25) is 10.0 Å². The van der Waals surface area contributed by atoms with Crippen LogP contribution in [0.4, 0.5) is 0 Å². The predicted molar refractivity (Wildman–Crippen MR) is 76.6 cm³/mol. The summed E-state index contributed by atoms with van der Waals surface area (Å²) in [4.78, 5) is 13.8. The van der Waals surface area contributed by atoms with Crippen molar-refractivity contribution in [2.75, 3.05) is 13.1 Å². The Hall–Kier alpha value is -1.34. The fraction of sp³-hybridized carbons (Fsp3) is 0.615. The van der Waals surface area contributed by atoms with Crippen molar-refractivity contribution in [1.29, 1.82) is 0 Å². The van der Waals surface area contributed by atoms with Crippen molar-refractivity contribution in [1.82, 2.24) is 9.29 Å². The highest BCUT2D eigenvalue weighted by molar-refractivity contribution is 7.89. The molecule has 0 aliphatic heterocycles. The molecule has 0 unspecified atom stereocenters. The summed E-state index contributed by atoms with van der Waals surface area (Å²) in [7, 11) is -3.66. The Bertz CT molecular complexity index is 584. The lowest BCUT2D eigenvalue weighted by atomic mass is 10.2. The van der Waals surface area contributed by atoms with Crippen LogP contribution in [0.25, 0.3) is 0 Å². The van der Waals surface area contributed by atoms with Gasteiger partial charge in [-0.2, -0.15) is 4.31 Å². The zero-order valence-corrected chi connectivity index (χ0v) is 13.2. The van der Waals surface area contributed by atoms with Crippen LogP contribution in [0, 0.1) is 13.8 Å². The first kappa shape index (κ1) is 16.7. The molecule has 0 atom stereocenters. The van der Waals surface area contributed by atoms with E-state index in [1.165, 1.54) is 11.2 Å². The minimum atomic E-state index is -3.66. The molecule has 6 nitrogen and oxygen atoms in total. The Balaban J connectivity index is 3.37. The number of nitrogens with one attached hydrogen (secondary N) is 1. The number of hydrogen-bond donors (Lipinski definition) is 2. The molecule has 1 aromatic heterocycles. The standard InChI is InChI=1S/C13H22N2O4S/c1-5-7-15(8-6-2)20(18,19)12-9(3)11(13(16)17)14-10(12)4/h14H,5-8H2,1-4H3,(H,16,17). The van der Waals surface area contributed by atoms with E-state index < -0.39 is 16.0 Å². The molecule has 0 bridgehead atoms. The number of carboxylic acid groups (broad SMARTS) is 1. The number of sulfonamides is 1. The van der Waals surface area contributed by atoms with E-state index in [-0.39, 0.29) is 16.2 Å². The maximum atomic E-state index is 12.7. The zero-order valence-electron chi connectivity index (χ0n) is 12.4. The molecule has 0 radical (unpaired) electrons. The number of aromatic nitrogens is 1. The molecule has 0 amide bonds. The number of nitrogens with zero attached hydrogens (tertiary/aromatic N) is 1. The maximum Gasteiger partial charge on any atom is 0.352 e. The predicted octanol–water partition coefficient (Wildman–Crippen LogP) is 2.14. The molecule has 0 fully saturated rings. The maximum absolute atomic E-state index is 12.7. The number of hydrogen-bond acceptors (Lipinski definition) is 3. The van der Waals surface area contributed by atoms with Gasteiger partial charge in [0.15, 0.2) is 0 Å². The Morgan fingerprint density at radius 3 is 2.05 bits per heavy atom. The molecular weight excluding hydrogens is 280 g/mol. The minimum absolute atomic E-state index is 0.0611. The summed E-state index contributed by atoms with van der Waals surface area (Å²) in [5.41, 5.74) is 0.582. The topological polar surface area (TPSA) is 90.5 Å². The van der Waals surface area contributed by atoms with Gasteiger partial charge in [-0.1, -0.05) is 13.8 Å². The summed E-state index contributed by atoms with van der Waals surface area (Å²) in [5, 5.41) is 9.07. The van der Waals surface area contributed by atoms with Crippen LogP contribution in [0.2, 0.25) is 0 Å². The van der Waals surface area contributed by atoms with Gasteiger partial charge in [0.25, 0.3) is 0 Å². The lowest BCUT2D eigenvalue weighted by molar-refractivity contribution is 0.0690. The van der Waals surface area contributed by atoms with Gasteiger partial charge in [-0.3, -0.25) is 0 Å². The van der Waals surface area contributed by atoms with E-state index in [9.17, 15) is 13.2 Å². The van der Waals surface area contributed by atoms with Crippen LogP contribution in [0.15, 0.2) is 4.90 Å². The number of carbonyl (C=O) groups is 1. The highest BCUT2D eigenvalue weighted by atomic mass is 32.2. The van der Waals surface area contributed by atoms with E-state index in [0.717, 1.165) is 0 Å². The SMILES string of the molecule is CCCN(CCC)S(=O)(=O)c1c(C)[nH]c(C(=O)O)c1C. The van der Waals surface area contributed by atoms with Crippen LogP contribution >= 0.6 is 0 Å². The van der Waals surface area contributed by atoms with E-state index in [2.05, 4.69) is 4.98 Å². The molecule has 7 heteroatoms. The summed E-state index contributed by atoms with van der Waals surface area (Å²) in [6.45, 7) is 7.80. The second-order valence-corrected chi connectivity index (χ2v) is 6.66. The Morgan fingerprint density at radius 2 is 1.70 bits per heavy atom. The largest absolute Gasteiger partial charge is 0.477 e. The van der Waals surface area contributed by atoms with Crippen molar-refractivity contribution in [3.63, 3.8) is 0 Å². The van der Waals surface area contributed by atoms with Crippen molar-refractivity contribution in [3.05, 3.63) is 17.0 Å². The van der Waals surface area contributed by atoms with E-state index in [1.54, 1.807) is 6.92 Å². The van der Waals surface area contributed by atoms with E-state index in [4.69, 9.17) is 5.11 Å². The zero-order chi connectivity index (χ0) is 15.5. The molecule has 0 aliphatic carbocycles. The molecule has 0 saturated heterocycles. The van der Waals surface area contributed by atoms with Crippen molar-refractivity contribution in [2.45, 2.75) is 45.4 Å². The number of carboxylic acids is 1. The van der Waals surface area contributed by atoms with Crippen LogP contribution < -0.4 is 0 Å². The van der Waals surface area contributed by atoms with Crippen molar-refractivity contribution in [3.8, 4) is 0 Å². The first-order valence-corrected chi connectivity index (χ1v) is 8.13. The van der Waals surface area contributed by atoms with Gasteiger partial charge in [-0.05, 0) is 26.7 Å². The average molecular weight is 302 g/mol. The summed E-state index contributed by atoms with van der Waals surface area (Å²) in [6, 6.07) is 0. The number of aromatic carboxylic acids is 1. The summed E-state index contributed by atoms with van der Waals surface area (Å²) >= 11 is 0. The first-order valence-electron chi connectivity index (χ1n) is 6.69. The summed E-state index contributed by atoms with van der Waals surface area (Å²) in [6.07, 6.45) is 1.43. The summed E-state index contributed by atoms with van der Waals surface area (Å²) < 4.78 is 26.8. The van der Waals surface area contributed by atoms with Gasteiger partial charge >= 0.3 is 5.97 Å². The van der Waals surface area contributed by atoms with Crippen LogP contribution in [0.5, 0.6) is 0 Å². The lowest BCUT2D eigenvalue weighted by Gasteiger charge is -2.21.